The Hall–Kier alpha value is -2.08. The largest absolute Gasteiger partial charge is 0.486 e. The molecular weight excluding hydrogens is 353 g/mol. The van der Waals surface area contributed by atoms with Crippen molar-refractivity contribution in [3.8, 4) is 5.75 Å². The molecular formula is C20H22FNO3S. The fourth-order valence-electron chi connectivity index (χ4n) is 2.86. The predicted octanol–water partition coefficient (Wildman–Crippen LogP) is 4.58. The van der Waals surface area contributed by atoms with Crippen LogP contribution >= 0.6 is 11.8 Å². The zero-order valence-electron chi connectivity index (χ0n) is 14.9. The van der Waals surface area contributed by atoms with Crippen molar-refractivity contribution in [1.82, 2.24) is 4.98 Å². The predicted molar refractivity (Wildman–Crippen MR) is 98.8 cm³/mol. The average Bonchev–Trinajstić information content (AvgIpc) is 3.46. The number of halogens is 1. The van der Waals surface area contributed by atoms with E-state index >= 15 is 0 Å². The fourth-order valence-corrected chi connectivity index (χ4v) is 3.70. The van der Waals surface area contributed by atoms with E-state index in [0.717, 1.165) is 28.3 Å². The third-order valence-corrected chi connectivity index (χ3v) is 5.61. The van der Waals surface area contributed by atoms with Crippen molar-refractivity contribution in [3.05, 3.63) is 53.5 Å². The number of thioether (sulfide) groups is 1. The number of rotatable bonds is 8. The first-order valence-corrected chi connectivity index (χ1v) is 9.69. The molecule has 2 unspecified atom stereocenters. The van der Waals surface area contributed by atoms with E-state index in [2.05, 4.69) is 11.9 Å². The second-order valence-electron chi connectivity index (χ2n) is 6.27. The third kappa shape index (κ3) is 4.36. The molecule has 1 fully saturated rings. The normalized spacial score (nSPS) is 18.4. The van der Waals surface area contributed by atoms with Crippen LogP contribution in [0.1, 0.15) is 36.8 Å². The Kier molecular flexibility index (Phi) is 6.14. The van der Waals surface area contributed by atoms with E-state index in [1.54, 1.807) is 24.0 Å². The van der Waals surface area contributed by atoms with E-state index in [9.17, 15) is 9.18 Å². The summed E-state index contributed by atoms with van der Waals surface area (Å²) < 4.78 is 24.8. The number of methoxy groups -OCH3 is 1. The number of carbonyl (C=O) groups excluding carboxylic acids is 1. The van der Waals surface area contributed by atoms with Crippen molar-refractivity contribution in [1.29, 1.82) is 0 Å². The van der Waals surface area contributed by atoms with Gasteiger partial charge in [-0.1, -0.05) is 19.1 Å². The van der Waals surface area contributed by atoms with Crippen LogP contribution in [-0.4, -0.2) is 23.8 Å². The number of esters is 1. The minimum Gasteiger partial charge on any atom is -0.486 e. The molecule has 0 amide bonds. The van der Waals surface area contributed by atoms with Gasteiger partial charge in [0.1, 0.15) is 11.6 Å². The van der Waals surface area contributed by atoms with Crippen molar-refractivity contribution in [3.63, 3.8) is 0 Å². The fraction of sp³-hybridized carbons (Fsp3) is 0.400. The number of pyridine rings is 1. The first-order valence-electron chi connectivity index (χ1n) is 8.70. The lowest BCUT2D eigenvalue weighted by atomic mass is 10.1. The van der Waals surface area contributed by atoms with Crippen LogP contribution in [0.4, 0.5) is 4.39 Å². The monoisotopic (exact) mass is 375 g/mol. The van der Waals surface area contributed by atoms with Gasteiger partial charge in [-0.05, 0) is 48.3 Å². The molecule has 1 aliphatic rings. The van der Waals surface area contributed by atoms with E-state index in [4.69, 9.17) is 9.47 Å². The van der Waals surface area contributed by atoms with Crippen LogP contribution in [0.25, 0.3) is 0 Å². The van der Waals surface area contributed by atoms with E-state index < -0.39 is 5.82 Å². The standard InChI is InChI=1S/C20H22FNO3S/c1-3-9-26-19-14(5-4-8-22-19)12-25-18-7-6-13(10-17(18)21)15-11-16(15)20(23)24-2/h4-8,10,15-16H,3,9,11-12H2,1-2H3. The summed E-state index contributed by atoms with van der Waals surface area (Å²) in [5.74, 6) is 0.435. The Morgan fingerprint density at radius 1 is 1.38 bits per heavy atom. The Bertz CT molecular complexity index is 783. The molecule has 1 heterocycles. The number of hydrogen-bond donors (Lipinski definition) is 0. The van der Waals surface area contributed by atoms with Gasteiger partial charge < -0.3 is 9.47 Å². The van der Waals surface area contributed by atoms with Gasteiger partial charge in [0.25, 0.3) is 0 Å². The van der Waals surface area contributed by atoms with E-state index in [0.29, 0.717) is 6.42 Å². The number of aromatic nitrogens is 1. The zero-order valence-corrected chi connectivity index (χ0v) is 15.7. The summed E-state index contributed by atoms with van der Waals surface area (Å²) in [6.45, 7) is 2.39. The highest BCUT2D eigenvalue weighted by molar-refractivity contribution is 7.99. The molecule has 2 aromatic rings. The molecule has 0 N–H and O–H groups in total. The highest BCUT2D eigenvalue weighted by Crippen LogP contribution is 2.48. The molecule has 1 aromatic carbocycles. The molecule has 26 heavy (non-hydrogen) atoms. The van der Waals surface area contributed by atoms with Crippen LogP contribution < -0.4 is 4.74 Å². The molecule has 4 nitrogen and oxygen atoms in total. The topological polar surface area (TPSA) is 48.4 Å². The first kappa shape index (κ1) is 18.7. The minimum absolute atomic E-state index is 0.0429. The Labute approximate surface area is 157 Å². The van der Waals surface area contributed by atoms with Crippen molar-refractivity contribution in [2.24, 2.45) is 5.92 Å². The maximum absolute atomic E-state index is 14.4. The van der Waals surface area contributed by atoms with E-state index in [1.807, 2.05) is 18.2 Å². The highest BCUT2D eigenvalue weighted by atomic mass is 32.2. The van der Waals surface area contributed by atoms with Gasteiger partial charge in [0.2, 0.25) is 0 Å². The highest BCUT2D eigenvalue weighted by Gasteiger charge is 2.45. The van der Waals surface area contributed by atoms with Gasteiger partial charge in [-0.3, -0.25) is 4.79 Å². The molecule has 0 bridgehead atoms. The smallest absolute Gasteiger partial charge is 0.309 e. The number of ether oxygens (including phenoxy) is 2. The molecule has 1 aromatic heterocycles. The second-order valence-corrected chi connectivity index (χ2v) is 7.35. The van der Waals surface area contributed by atoms with Crippen LogP contribution in [0.3, 0.4) is 0 Å². The lowest BCUT2D eigenvalue weighted by molar-refractivity contribution is -0.142. The molecule has 138 valence electrons. The van der Waals surface area contributed by atoms with Crippen LogP contribution in [0.2, 0.25) is 0 Å². The van der Waals surface area contributed by atoms with Crippen LogP contribution in [0.5, 0.6) is 5.75 Å². The van der Waals surface area contributed by atoms with Crippen molar-refractivity contribution in [2.75, 3.05) is 12.9 Å². The summed E-state index contributed by atoms with van der Waals surface area (Å²) in [4.78, 5) is 15.9. The molecule has 1 saturated carbocycles. The average molecular weight is 375 g/mol. The summed E-state index contributed by atoms with van der Waals surface area (Å²) >= 11 is 1.68. The molecule has 2 atom stereocenters. The van der Waals surface area contributed by atoms with Gasteiger partial charge in [0.05, 0.1) is 13.0 Å². The second kappa shape index (κ2) is 8.54. The van der Waals surface area contributed by atoms with E-state index in [-0.39, 0.29) is 30.2 Å². The van der Waals surface area contributed by atoms with Gasteiger partial charge in [-0.15, -0.1) is 11.8 Å². The van der Waals surface area contributed by atoms with Gasteiger partial charge in [0, 0.05) is 11.8 Å². The van der Waals surface area contributed by atoms with Gasteiger partial charge in [0.15, 0.2) is 11.6 Å². The molecule has 0 aliphatic heterocycles. The SMILES string of the molecule is CCCSc1ncccc1COc1ccc(C2CC2C(=O)OC)cc1F. The maximum atomic E-state index is 14.4. The molecule has 1 aliphatic carbocycles. The Morgan fingerprint density at radius 3 is 2.96 bits per heavy atom. The van der Waals surface area contributed by atoms with Crippen LogP contribution in [-0.2, 0) is 16.1 Å². The minimum atomic E-state index is -0.412. The van der Waals surface area contributed by atoms with Crippen LogP contribution in [0, 0.1) is 11.7 Å². The molecule has 0 spiro atoms. The number of nitrogens with zero attached hydrogens (tertiary/aromatic N) is 1. The summed E-state index contributed by atoms with van der Waals surface area (Å²) in [6.07, 6.45) is 3.52. The molecule has 3 rings (SSSR count). The molecule has 0 radical (unpaired) electrons. The van der Waals surface area contributed by atoms with Gasteiger partial charge in [-0.2, -0.15) is 0 Å². The van der Waals surface area contributed by atoms with Crippen LogP contribution in [0.15, 0.2) is 41.6 Å². The van der Waals surface area contributed by atoms with Gasteiger partial charge >= 0.3 is 5.97 Å². The van der Waals surface area contributed by atoms with Crippen molar-refractivity contribution >= 4 is 17.7 Å². The summed E-state index contributed by atoms with van der Waals surface area (Å²) in [5, 5.41) is 0.922. The number of benzene rings is 1. The first-order chi connectivity index (χ1) is 12.6. The Morgan fingerprint density at radius 2 is 2.23 bits per heavy atom. The third-order valence-electron chi connectivity index (χ3n) is 4.35. The molecule has 6 heteroatoms. The van der Waals surface area contributed by atoms with Crippen molar-refractivity contribution in [2.45, 2.75) is 37.3 Å². The van der Waals surface area contributed by atoms with Gasteiger partial charge in [-0.25, -0.2) is 9.37 Å². The quantitative estimate of drug-likeness (QED) is 0.499. The Balaban J connectivity index is 1.64. The maximum Gasteiger partial charge on any atom is 0.309 e. The lowest BCUT2D eigenvalue weighted by Gasteiger charge is -2.11. The summed E-state index contributed by atoms with van der Waals surface area (Å²) in [5.41, 5.74) is 1.76. The lowest BCUT2D eigenvalue weighted by Crippen LogP contribution is -2.04. The molecule has 0 saturated heterocycles. The number of carbonyl (C=O) groups is 1. The zero-order chi connectivity index (χ0) is 18.5. The van der Waals surface area contributed by atoms with E-state index in [1.165, 1.54) is 13.2 Å². The summed E-state index contributed by atoms with van der Waals surface area (Å²) in [6, 6.07) is 8.71. The van der Waals surface area contributed by atoms with Crippen molar-refractivity contribution < 1.29 is 18.7 Å². The summed E-state index contributed by atoms with van der Waals surface area (Å²) in [7, 11) is 1.38. The number of hydrogen-bond acceptors (Lipinski definition) is 5.